The standard InChI is InChI=1S/C9H7N2.C5H6Cl2O2.C3H2Cl2O2.C2H5ClO2S.C2H6.7CH4.Y/c10-7-1-2-8-3-5-9(11)6-4-8;6-1-3-8-5-9-4-2-7;4-2(6)1-3(5)7;1-2-6(3,4)5;1-2;;;;;;;;/h2-6H,11H2;1-4H,5H2;1H2;2H2,1H3;1-2H3;7*1H4;/q-1;;;;;;;;;;;;. The van der Waals surface area contributed by atoms with E-state index in [9.17, 15) is 18.0 Å². The molecule has 0 saturated heterocycles. The Morgan fingerprint density at radius 3 is 1.44 bits per heavy atom. The van der Waals surface area contributed by atoms with E-state index < -0.39 is 19.5 Å². The van der Waals surface area contributed by atoms with E-state index in [1.807, 2.05) is 26.0 Å². The normalized spacial score (nSPS) is 7.88. The summed E-state index contributed by atoms with van der Waals surface area (Å²) < 4.78 is 28.8. The first kappa shape index (κ1) is 78.5. The monoisotopic (exact) mass is 810 g/mol. The third kappa shape index (κ3) is 92.2. The van der Waals surface area contributed by atoms with Gasteiger partial charge in [-0.15, -0.1) is 12.1 Å². The van der Waals surface area contributed by atoms with Crippen LogP contribution in [0.15, 0.2) is 47.9 Å². The Bertz CT molecular complexity index is 887. The molecule has 0 heterocycles. The minimum absolute atomic E-state index is 0. The van der Waals surface area contributed by atoms with Crippen LogP contribution in [0.3, 0.4) is 0 Å². The molecule has 0 atom stereocenters. The van der Waals surface area contributed by atoms with Crippen LogP contribution in [0.25, 0.3) is 6.08 Å². The van der Waals surface area contributed by atoms with Crippen LogP contribution in [0.5, 0.6) is 0 Å². The van der Waals surface area contributed by atoms with Gasteiger partial charge in [0.2, 0.25) is 26.3 Å². The van der Waals surface area contributed by atoms with Gasteiger partial charge in [-0.3, -0.25) is 9.59 Å². The number of nitriles is 1. The fraction of sp³-hybridized carbons (Fsp3) is 0.464. The van der Waals surface area contributed by atoms with Crippen molar-refractivity contribution < 1.29 is 60.2 Å². The summed E-state index contributed by atoms with van der Waals surface area (Å²) >= 11 is 19.7. The first-order valence-electron chi connectivity index (χ1n) is 9.29. The number of hydrogen-bond acceptors (Lipinski definition) is 8. The first-order valence-corrected chi connectivity index (χ1v) is 13.4. The molecule has 0 fully saturated rings. The predicted molar refractivity (Wildman–Crippen MR) is 191 cm³/mol. The van der Waals surface area contributed by atoms with Crippen molar-refractivity contribution in [2.75, 3.05) is 18.3 Å². The zero-order valence-electron chi connectivity index (χ0n) is 19.7. The molecular formula is C28H54Cl5N2O6SY-. The Morgan fingerprint density at radius 2 is 1.23 bits per heavy atom. The Labute approximate surface area is 314 Å². The van der Waals surface area contributed by atoms with Gasteiger partial charge >= 0.3 is 0 Å². The molecule has 1 aromatic carbocycles. The Hall–Kier alpha value is -0.826. The molecule has 8 nitrogen and oxygen atoms in total. The van der Waals surface area contributed by atoms with Crippen molar-refractivity contribution in [3.05, 3.63) is 59.5 Å². The van der Waals surface area contributed by atoms with Crippen LogP contribution < -0.4 is 5.73 Å². The van der Waals surface area contributed by atoms with Gasteiger partial charge in [-0.2, -0.15) is 11.6 Å². The van der Waals surface area contributed by atoms with Crippen LogP contribution in [0, 0.1) is 17.4 Å². The van der Waals surface area contributed by atoms with Crippen LogP contribution in [-0.4, -0.2) is 31.4 Å². The van der Waals surface area contributed by atoms with Crippen molar-refractivity contribution in [1.82, 2.24) is 0 Å². The number of nitrogens with two attached hydrogens (primary N) is 1. The average molecular weight is 813 g/mol. The van der Waals surface area contributed by atoms with Crippen LogP contribution in [0.2, 0.25) is 0 Å². The molecule has 0 bridgehead atoms. The molecule has 15 heteroatoms. The molecule has 0 aliphatic rings. The summed E-state index contributed by atoms with van der Waals surface area (Å²) in [7, 11) is 1.50. The van der Waals surface area contributed by atoms with Crippen LogP contribution in [0.4, 0.5) is 5.69 Å². The SMILES string of the molecule is C.C.C.C.C.C.C.CC.CCS(=O)(=O)Cl.ClC=COCOC=CCl.N#C[C-]=Cc1ccc(N)cc1.O=C(Cl)CC(=O)Cl.[Y]. The summed E-state index contributed by atoms with van der Waals surface area (Å²) in [5.74, 6) is 0.00849. The van der Waals surface area contributed by atoms with Crippen molar-refractivity contribution in [2.45, 2.75) is 79.2 Å². The number of allylic oxidation sites excluding steroid dienone is 1. The maximum atomic E-state index is 9.77. The van der Waals surface area contributed by atoms with Crippen molar-refractivity contribution in [1.29, 1.82) is 5.26 Å². The topological polar surface area (TPSA) is 137 Å². The average Bonchev–Trinajstić information content (AvgIpc) is 2.80. The Morgan fingerprint density at radius 1 is 0.907 bits per heavy atom. The number of hydrogen-bond donors (Lipinski definition) is 1. The van der Waals surface area contributed by atoms with E-state index in [4.69, 9.17) is 57.4 Å². The van der Waals surface area contributed by atoms with Crippen molar-refractivity contribution >= 4 is 88.4 Å². The molecular weight excluding hydrogens is 759 g/mol. The van der Waals surface area contributed by atoms with Gasteiger partial charge in [-0.25, -0.2) is 19.8 Å². The van der Waals surface area contributed by atoms with Crippen molar-refractivity contribution in [2.24, 2.45) is 0 Å². The molecule has 2 N–H and O–H groups in total. The summed E-state index contributed by atoms with van der Waals surface area (Å²) in [4.78, 5) is 19.4. The molecule has 0 aromatic heterocycles. The summed E-state index contributed by atoms with van der Waals surface area (Å²) in [5, 5.41) is 6.72. The van der Waals surface area contributed by atoms with Gasteiger partial charge in [0.1, 0.15) is 0 Å². The van der Waals surface area contributed by atoms with Crippen LogP contribution >= 0.6 is 57.1 Å². The van der Waals surface area contributed by atoms with Crippen molar-refractivity contribution in [3.8, 4) is 6.07 Å². The summed E-state index contributed by atoms with van der Waals surface area (Å²) in [6, 6.07) is 9.03. The quantitative estimate of drug-likeness (QED) is 0.0400. The number of nitrogens with zero attached hydrogens (tertiary/aromatic N) is 1. The molecule has 1 rings (SSSR count). The number of anilines is 1. The molecule has 0 aliphatic carbocycles. The number of halogens is 5. The van der Waals surface area contributed by atoms with Gasteiger partial charge in [0.15, 0.2) is 0 Å². The molecule has 1 radical (unpaired) electrons. The number of nitrogen functional groups attached to an aromatic ring is 1. The van der Waals surface area contributed by atoms with Crippen LogP contribution in [-0.2, 0) is 60.8 Å². The van der Waals surface area contributed by atoms with E-state index in [2.05, 4.69) is 26.2 Å². The minimum atomic E-state index is -3.19. The third-order valence-electron chi connectivity index (χ3n) is 2.29. The van der Waals surface area contributed by atoms with Gasteiger partial charge in [0, 0.05) is 60.1 Å². The Balaban J connectivity index is -0.0000000281. The van der Waals surface area contributed by atoms with E-state index in [-0.39, 0.29) is 104 Å². The fourth-order valence-corrected chi connectivity index (χ4v) is 1.46. The molecule has 0 saturated carbocycles. The number of ether oxygens (including phenoxy) is 2. The summed E-state index contributed by atoms with van der Waals surface area (Å²) in [6.07, 6.45) is 6.27. The molecule has 0 unspecified atom stereocenters. The van der Waals surface area contributed by atoms with E-state index in [1.165, 1.54) is 30.5 Å². The van der Waals surface area contributed by atoms with Gasteiger partial charge in [0.05, 0.1) is 24.7 Å². The second-order valence-corrected chi connectivity index (χ2v) is 9.17. The number of carbonyl (C=O) groups excluding carboxylic acids is 2. The fourth-order valence-electron chi connectivity index (χ4n) is 1.01. The van der Waals surface area contributed by atoms with E-state index in [0.717, 1.165) is 11.3 Å². The largest absolute Gasteiger partial charge is 0.464 e. The second-order valence-electron chi connectivity index (χ2n) is 4.76. The Kier molecular flexibility index (Phi) is 110. The van der Waals surface area contributed by atoms with Gasteiger partial charge in [-0.05, 0) is 29.3 Å². The third-order valence-corrected chi connectivity index (χ3v) is 4.11. The summed E-state index contributed by atoms with van der Waals surface area (Å²) in [5.41, 5.74) is 9.60. The van der Waals surface area contributed by atoms with E-state index in [0.29, 0.717) is 0 Å². The van der Waals surface area contributed by atoms with Crippen molar-refractivity contribution in [3.63, 3.8) is 0 Å². The maximum Gasteiger partial charge on any atom is 0.232 e. The molecule has 0 amide bonds. The number of rotatable bonds is 8. The molecule has 1 aromatic rings. The zero-order chi connectivity index (χ0) is 28.1. The zero-order valence-corrected chi connectivity index (χ0v) is 27.1. The molecule has 0 aliphatic heterocycles. The second kappa shape index (κ2) is 60.4. The molecule has 257 valence electrons. The first-order chi connectivity index (χ1) is 16.4. The smallest absolute Gasteiger partial charge is 0.232 e. The van der Waals surface area contributed by atoms with E-state index >= 15 is 0 Å². The number of benzene rings is 1. The van der Waals surface area contributed by atoms with Gasteiger partial charge in [-0.1, -0.05) is 108 Å². The molecule has 43 heavy (non-hydrogen) atoms. The predicted octanol–water partition coefficient (Wildman–Crippen LogP) is 11.0. The van der Waals surface area contributed by atoms with Gasteiger partial charge < -0.3 is 15.2 Å². The summed E-state index contributed by atoms with van der Waals surface area (Å²) in [6.45, 7) is 5.61. The molecule has 0 spiro atoms. The number of carbonyl (C=O) groups is 2. The minimum Gasteiger partial charge on any atom is -0.464 e. The van der Waals surface area contributed by atoms with Gasteiger partial charge in [0.25, 0.3) is 0 Å². The van der Waals surface area contributed by atoms with E-state index in [1.54, 1.807) is 24.3 Å². The van der Waals surface area contributed by atoms with Crippen LogP contribution in [0.1, 0.15) is 84.7 Å². The maximum absolute atomic E-state index is 9.77.